The Bertz CT molecular complexity index is 1380. The van der Waals surface area contributed by atoms with E-state index in [1.165, 1.54) is 0 Å². The van der Waals surface area contributed by atoms with Gasteiger partial charge in [0.15, 0.2) is 29.1 Å². The van der Waals surface area contributed by atoms with Crippen molar-refractivity contribution in [1.82, 2.24) is 0 Å². The van der Waals surface area contributed by atoms with Crippen molar-refractivity contribution in [1.29, 1.82) is 0 Å². The SMILES string of the molecule is O=C(O)c1ccc(C(=O)/C(=C\c2ccc(F)c([N+](=O)[O-])c2)Sc2c(F)c(F)c(F)c(F)c2F)cc1. The third kappa shape index (κ3) is 5.19. The number of aromatic carboxylic acids is 1. The number of carbonyl (C=O) groups is 2. The number of Topliss-reactive ketones (excluding diaryl/α,β-unsaturated/α-hetero) is 1. The predicted molar refractivity (Wildman–Crippen MR) is 111 cm³/mol. The van der Waals surface area contributed by atoms with E-state index in [2.05, 4.69) is 0 Å². The van der Waals surface area contributed by atoms with Crippen molar-refractivity contribution in [2.75, 3.05) is 0 Å². The highest BCUT2D eigenvalue weighted by molar-refractivity contribution is 8.04. The second-order valence-electron chi connectivity index (χ2n) is 6.69. The van der Waals surface area contributed by atoms with Crippen LogP contribution in [0.1, 0.15) is 26.3 Å². The van der Waals surface area contributed by atoms with Crippen LogP contribution in [0.3, 0.4) is 0 Å². The lowest BCUT2D eigenvalue weighted by Gasteiger charge is -2.11. The molecule has 0 saturated heterocycles. The molecule has 0 unspecified atom stereocenters. The Morgan fingerprint density at radius 2 is 1.34 bits per heavy atom. The Hall–Kier alpha value is -4.13. The van der Waals surface area contributed by atoms with E-state index >= 15 is 0 Å². The van der Waals surface area contributed by atoms with Crippen LogP contribution in [0, 0.1) is 45.0 Å². The molecule has 13 heteroatoms. The van der Waals surface area contributed by atoms with Gasteiger partial charge in [-0.2, -0.15) is 4.39 Å². The molecule has 3 rings (SSSR count). The molecule has 0 amide bonds. The van der Waals surface area contributed by atoms with Crippen molar-refractivity contribution >= 4 is 35.3 Å². The Labute approximate surface area is 195 Å². The van der Waals surface area contributed by atoms with E-state index in [4.69, 9.17) is 5.11 Å². The minimum atomic E-state index is -2.42. The Kier molecular flexibility index (Phi) is 7.29. The molecule has 0 bridgehead atoms. The van der Waals surface area contributed by atoms with Crippen molar-refractivity contribution < 1.29 is 46.0 Å². The molecule has 0 aliphatic rings. The number of ketones is 1. The number of nitro groups is 1. The fourth-order valence-electron chi connectivity index (χ4n) is 2.74. The lowest BCUT2D eigenvalue weighted by Crippen LogP contribution is -2.07. The first-order valence-electron chi connectivity index (χ1n) is 9.15. The van der Waals surface area contributed by atoms with Crippen molar-refractivity contribution in [2.24, 2.45) is 0 Å². The summed E-state index contributed by atoms with van der Waals surface area (Å²) in [6, 6.07) is 6.46. The van der Waals surface area contributed by atoms with E-state index in [-0.39, 0.29) is 28.5 Å². The fourth-order valence-corrected chi connectivity index (χ4v) is 3.73. The first-order chi connectivity index (χ1) is 16.4. The summed E-state index contributed by atoms with van der Waals surface area (Å²) >= 11 is -0.159. The zero-order chi connectivity index (χ0) is 26.0. The first-order valence-corrected chi connectivity index (χ1v) is 9.97. The second kappa shape index (κ2) is 10.0. The summed E-state index contributed by atoms with van der Waals surface area (Å²) in [6.07, 6.45) is 0.822. The van der Waals surface area contributed by atoms with Gasteiger partial charge in [0.2, 0.25) is 11.6 Å². The number of halogens is 6. The molecule has 0 heterocycles. The van der Waals surface area contributed by atoms with Gasteiger partial charge in [0.05, 0.1) is 20.3 Å². The molecular formula is C22H9F6NO5S. The molecule has 0 atom stereocenters. The molecule has 0 aromatic heterocycles. The highest BCUT2D eigenvalue weighted by atomic mass is 32.2. The van der Waals surface area contributed by atoms with Crippen LogP contribution in [0.15, 0.2) is 52.3 Å². The molecule has 6 nitrogen and oxygen atoms in total. The highest BCUT2D eigenvalue weighted by Gasteiger charge is 2.28. The zero-order valence-corrected chi connectivity index (χ0v) is 17.6. The summed E-state index contributed by atoms with van der Waals surface area (Å²) < 4.78 is 82.9. The van der Waals surface area contributed by atoms with Gasteiger partial charge >= 0.3 is 11.7 Å². The predicted octanol–water partition coefficient (Wildman–Crippen LogP) is 6.14. The molecular weight excluding hydrogens is 504 g/mol. The van der Waals surface area contributed by atoms with Gasteiger partial charge in [-0.3, -0.25) is 14.9 Å². The molecule has 0 aliphatic carbocycles. The molecule has 0 saturated carbocycles. The van der Waals surface area contributed by atoms with Crippen LogP contribution in [0.25, 0.3) is 6.08 Å². The van der Waals surface area contributed by atoms with Crippen LogP contribution < -0.4 is 0 Å². The molecule has 3 aromatic carbocycles. The largest absolute Gasteiger partial charge is 0.478 e. The van der Waals surface area contributed by atoms with E-state index in [1.54, 1.807) is 0 Å². The normalized spacial score (nSPS) is 11.4. The van der Waals surface area contributed by atoms with Crippen LogP contribution in [0.4, 0.5) is 32.0 Å². The van der Waals surface area contributed by atoms with Crippen LogP contribution in [-0.4, -0.2) is 21.8 Å². The lowest BCUT2D eigenvalue weighted by atomic mass is 10.1. The summed E-state index contributed by atoms with van der Waals surface area (Å²) in [5.74, 6) is -15.0. The third-order valence-electron chi connectivity index (χ3n) is 4.46. The van der Waals surface area contributed by atoms with Crippen LogP contribution in [0.5, 0.6) is 0 Å². The lowest BCUT2D eigenvalue weighted by molar-refractivity contribution is -0.387. The molecule has 35 heavy (non-hydrogen) atoms. The van der Waals surface area contributed by atoms with Gasteiger partial charge in [0.1, 0.15) is 0 Å². The summed E-state index contributed by atoms with van der Waals surface area (Å²) in [6.45, 7) is 0. The van der Waals surface area contributed by atoms with Crippen LogP contribution in [0.2, 0.25) is 0 Å². The molecule has 0 aliphatic heterocycles. The fraction of sp³-hybridized carbons (Fsp3) is 0. The number of hydrogen-bond acceptors (Lipinski definition) is 5. The van der Waals surface area contributed by atoms with Crippen molar-refractivity contribution in [3.63, 3.8) is 0 Å². The maximum absolute atomic E-state index is 14.2. The van der Waals surface area contributed by atoms with E-state index in [1.807, 2.05) is 0 Å². The third-order valence-corrected chi connectivity index (χ3v) is 5.55. The Morgan fingerprint density at radius 3 is 1.86 bits per heavy atom. The second-order valence-corrected chi connectivity index (χ2v) is 7.74. The summed E-state index contributed by atoms with van der Waals surface area (Å²) in [4.78, 5) is 31.9. The van der Waals surface area contributed by atoms with Gasteiger partial charge in [0.25, 0.3) is 0 Å². The van der Waals surface area contributed by atoms with Gasteiger partial charge in [-0.1, -0.05) is 30.0 Å². The van der Waals surface area contributed by atoms with E-state index in [9.17, 15) is 46.0 Å². The molecule has 0 fully saturated rings. The first kappa shape index (κ1) is 25.5. The topological polar surface area (TPSA) is 97.5 Å². The number of thioether (sulfide) groups is 1. The average Bonchev–Trinajstić information content (AvgIpc) is 2.83. The molecule has 1 N–H and O–H groups in total. The number of carboxylic acid groups (broad SMARTS) is 1. The minimum Gasteiger partial charge on any atom is -0.478 e. The van der Waals surface area contributed by atoms with Gasteiger partial charge in [-0.05, 0) is 29.8 Å². The maximum Gasteiger partial charge on any atom is 0.335 e. The molecule has 0 radical (unpaired) electrons. The smallest absolute Gasteiger partial charge is 0.335 e. The summed E-state index contributed by atoms with van der Waals surface area (Å²) in [7, 11) is 0. The number of hydrogen-bond donors (Lipinski definition) is 1. The molecule has 0 spiro atoms. The Balaban J connectivity index is 2.17. The number of nitrogens with zero attached hydrogens (tertiary/aromatic N) is 1. The average molecular weight is 513 g/mol. The van der Waals surface area contributed by atoms with E-state index in [0.717, 1.165) is 36.4 Å². The maximum atomic E-state index is 14.2. The standard InChI is InChI=1S/C22H9F6NO5S/c23-12-6-1-9(7-13(12)29(33)34)8-14(20(30)10-2-4-11(5-3-10)22(31)32)35-21-18(27)16(25)15(24)17(26)19(21)28/h1-8H,(H,31,32)/b14-8+. The molecule has 180 valence electrons. The van der Waals surface area contributed by atoms with Crippen LogP contribution in [-0.2, 0) is 0 Å². The number of carbonyl (C=O) groups excluding carboxylic acids is 1. The Morgan fingerprint density at radius 1 is 0.829 bits per heavy atom. The highest BCUT2D eigenvalue weighted by Crippen LogP contribution is 2.37. The number of nitro benzene ring substituents is 1. The minimum absolute atomic E-state index is 0.159. The number of rotatable bonds is 7. The van der Waals surface area contributed by atoms with E-state index < -0.39 is 67.1 Å². The van der Waals surface area contributed by atoms with Crippen molar-refractivity contribution in [3.8, 4) is 0 Å². The van der Waals surface area contributed by atoms with Crippen molar-refractivity contribution in [2.45, 2.75) is 4.90 Å². The van der Waals surface area contributed by atoms with E-state index in [0.29, 0.717) is 12.1 Å². The number of allylic oxidation sites excluding steroid dienone is 1. The van der Waals surface area contributed by atoms with Gasteiger partial charge in [-0.15, -0.1) is 0 Å². The van der Waals surface area contributed by atoms with Gasteiger partial charge in [-0.25, -0.2) is 26.7 Å². The summed E-state index contributed by atoms with van der Waals surface area (Å²) in [5, 5.41) is 20.0. The zero-order valence-electron chi connectivity index (χ0n) is 16.8. The quantitative estimate of drug-likeness (QED) is 0.0596. The van der Waals surface area contributed by atoms with Crippen molar-refractivity contribution in [3.05, 3.63) is 109 Å². The number of carboxylic acids is 1. The summed E-state index contributed by atoms with van der Waals surface area (Å²) in [5.41, 5.74) is -1.67. The monoisotopic (exact) mass is 513 g/mol. The van der Waals surface area contributed by atoms with Gasteiger partial charge in [0, 0.05) is 11.6 Å². The molecule has 3 aromatic rings. The van der Waals surface area contributed by atoms with Crippen LogP contribution >= 0.6 is 11.8 Å². The number of benzene rings is 3. The van der Waals surface area contributed by atoms with Gasteiger partial charge < -0.3 is 5.11 Å².